The first kappa shape index (κ1) is 21.1. The molecule has 0 bridgehead atoms. The quantitative estimate of drug-likeness (QED) is 0.772. The molecule has 29 heavy (non-hydrogen) atoms. The standard InChI is InChI=1S/C21H23F3N2O3/c1-29-16-9-5-8-14-10-11-26(18(28)13-25-12-17(27)21(22,23)24)20(19(14)16)15-6-3-2-4-7-15/h2-9,17,20,25,27H,10-13H2,1H3. The van der Waals surface area contributed by atoms with E-state index in [1.165, 1.54) is 0 Å². The molecule has 0 spiro atoms. The minimum absolute atomic E-state index is 0.305. The number of carbonyl (C=O) groups is 1. The molecule has 0 aromatic heterocycles. The van der Waals surface area contributed by atoms with E-state index in [0.29, 0.717) is 18.7 Å². The van der Waals surface area contributed by atoms with Crippen LogP contribution in [0, 0.1) is 0 Å². The zero-order valence-electron chi connectivity index (χ0n) is 15.9. The maximum Gasteiger partial charge on any atom is 0.415 e. The molecule has 8 heteroatoms. The summed E-state index contributed by atoms with van der Waals surface area (Å²) in [5, 5.41) is 11.5. The molecule has 1 heterocycles. The number of ether oxygens (including phenoxy) is 1. The molecule has 3 rings (SSSR count). The van der Waals surface area contributed by atoms with Gasteiger partial charge in [-0.2, -0.15) is 13.2 Å². The Labute approximate surface area is 167 Å². The predicted octanol–water partition coefficient (Wildman–Crippen LogP) is 2.68. The lowest BCUT2D eigenvalue weighted by Crippen LogP contribution is -2.47. The molecule has 5 nitrogen and oxygen atoms in total. The highest BCUT2D eigenvalue weighted by atomic mass is 19.4. The molecule has 1 amide bonds. The van der Waals surface area contributed by atoms with Crippen LogP contribution in [-0.2, 0) is 11.2 Å². The van der Waals surface area contributed by atoms with Gasteiger partial charge in [0.1, 0.15) is 5.75 Å². The van der Waals surface area contributed by atoms with E-state index >= 15 is 0 Å². The van der Waals surface area contributed by atoms with Gasteiger partial charge < -0.3 is 20.1 Å². The van der Waals surface area contributed by atoms with Crippen LogP contribution in [0.2, 0.25) is 0 Å². The van der Waals surface area contributed by atoms with E-state index in [1.807, 2.05) is 48.5 Å². The molecule has 156 valence electrons. The van der Waals surface area contributed by atoms with Crippen molar-refractivity contribution in [1.82, 2.24) is 10.2 Å². The number of alkyl halides is 3. The lowest BCUT2D eigenvalue weighted by Gasteiger charge is -2.38. The van der Waals surface area contributed by atoms with Gasteiger partial charge in [-0.1, -0.05) is 42.5 Å². The Morgan fingerprint density at radius 1 is 1.24 bits per heavy atom. The number of aliphatic hydroxyl groups is 1. The number of amides is 1. The van der Waals surface area contributed by atoms with Crippen molar-refractivity contribution in [2.24, 2.45) is 0 Å². The number of nitrogens with zero attached hydrogens (tertiary/aromatic N) is 1. The number of halogens is 3. The summed E-state index contributed by atoms with van der Waals surface area (Å²) in [6, 6.07) is 14.8. The van der Waals surface area contributed by atoms with Crippen LogP contribution in [0.4, 0.5) is 13.2 Å². The Morgan fingerprint density at radius 2 is 1.97 bits per heavy atom. The summed E-state index contributed by atoms with van der Waals surface area (Å²) in [4.78, 5) is 14.5. The summed E-state index contributed by atoms with van der Waals surface area (Å²) in [5.74, 6) is 0.319. The van der Waals surface area contributed by atoms with Crippen molar-refractivity contribution in [2.45, 2.75) is 24.7 Å². The van der Waals surface area contributed by atoms with E-state index < -0.39 is 24.9 Å². The van der Waals surface area contributed by atoms with Crippen molar-refractivity contribution in [1.29, 1.82) is 0 Å². The van der Waals surface area contributed by atoms with Crippen LogP contribution in [0.5, 0.6) is 5.75 Å². The Morgan fingerprint density at radius 3 is 2.62 bits per heavy atom. The molecule has 2 aromatic rings. The van der Waals surface area contributed by atoms with E-state index in [-0.39, 0.29) is 12.5 Å². The first-order valence-electron chi connectivity index (χ1n) is 9.28. The van der Waals surface area contributed by atoms with Gasteiger partial charge in [-0.3, -0.25) is 4.79 Å². The first-order chi connectivity index (χ1) is 13.8. The molecular formula is C21H23F3N2O3. The number of aliphatic hydroxyl groups excluding tert-OH is 1. The minimum Gasteiger partial charge on any atom is -0.496 e. The third-order valence-corrected chi connectivity index (χ3v) is 5.01. The molecule has 0 fully saturated rings. The molecular weight excluding hydrogens is 385 g/mol. The van der Waals surface area contributed by atoms with Crippen LogP contribution >= 0.6 is 0 Å². The number of benzene rings is 2. The first-order valence-corrected chi connectivity index (χ1v) is 9.28. The molecule has 2 aromatic carbocycles. The lowest BCUT2D eigenvalue weighted by atomic mass is 9.87. The van der Waals surface area contributed by atoms with Crippen LogP contribution in [0.15, 0.2) is 48.5 Å². The third-order valence-electron chi connectivity index (χ3n) is 5.01. The fourth-order valence-corrected chi connectivity index (χ4v) is 3.61. The van der Waals surface area contributed by atoms with Gasteiger partial charge in [-0.25, -0.2) is 0 Å². The van der Waals surface area contributed by atoms with E-state index in [0.717, 1.165) is 16.7 Å². The van der Waals surface area contributed by atoms with Crippen molar-refractivity contribution >= 4 is 5.91 Å². The lowest BCUT2D eigenvalue weighted by molar-refractivity contribution is -0.201. The van der Waals surface area contributed by atoms with Gasteiger partial charge in [0.05, 0.1) is 19.7 Å². The third kappa shape index (κ3) is 4.71. The number of carbonyl (C=O) groups excluding carboxylic acids is 1. The monoisotopic (exact) mass is 408 g/mol. The Kier molecular flexibility index (Phi) is 6.44. The highest BCUT2D eigenvalue weighted by Gasteiger charge is 2.38. The summed E-state index contributed by atoms with van der Waals surface area (Å²) in [5.41, 5.74) is 2.85. The van der Waals surface area contributed by atoms with Gasteiger partial charge in [0.2, 0.25) is 5.91 Å². The van der Waals surface area contributed by atoms with Crippen LogP contribution in [0.3, 0.4) is 0 Å². The molecule has 1 aliphatic heterocycles. The Hall–Kier alpha value is -2.58. The number of hydrogen-bond donors (Lipinski definition) is 2. The largest absolute Gasteiger partial charge is 0.496 e. The molecule has 2 atom stereocenters. The van der Waals surface area contributed by atoms with Crippen LogP contribution in [0.25, 0.3) is 0 Å². The zero-order chi connectivity index (χ0) is 21.0. The second-order valence-electron chi connectivity index (χ2n) is 6.87. The molecule has 1 aliphatic rings. The SMILES string of the molecule is COc1cccc2c1C(c1ccccc1)N(C(=O)CNCC(O)C(F)(F)F)CC2. The van der Waals surface area contributed by atoms with Gasteiger partial charge in [0.25, 0.3) is 0 Å². The molecule has 2 unspecified atom stereocenters. The van der Waals surface area contributed by atoms with Crippen molar-refractivity contribution in [3.63, 3.8) is 0 Å². The number of fused-ring (bicyclic) bond motifs is 1. The minimum atomic E-state index is -4.72. The van der Waals surface area contributed by atoms with Crippen LogP contribution in [0.1, 0.15) is 22.7 Å². The summed E-state index contributed by atoms with van der Waals surface area (Å²) >= 11 is 0. The second-order valence-corrected chi connectivity index (χ2v) is 6.87. The number of nitrogens with one attached hydrogen (secondary N) is 1. The van der Waals surface area contributed by atoms with Crippen molar-refractivity contribution in [3.8, 4) is 5.75 Å². The average molecular weight is 408 g/mol. The fourth-order valence-electron chi connectivity index (χ4n) is 3.61. The average Bonchev–Trinajstić information content (AvgIpc) is 2.72. The smallest absolute Gasteiger partial charge is 0.415 e. The molecule has 0 radical (unpaired) electrons. The highest BCUT2D eigenvalue weighted by Crippen LogP contribution is 2.40. The predicted molar refractivity (Wildman–Crippen MR) is 102 cm³/mol. The topological polar surface area (TPSA) is 61.8 Å². The van der Waals surface area contributed by atoms with Gasteiger partial charge in [-0.15, -0.1) is 0 Å². The molecule has 0 saturated carbocycles. The fraction of sp³-hybridized carbons (Fsp3) is 0.381. The van der Waals surface area contributed by atoms with Crippen molar-refractivity contribution < 1.29 is 27.8 Å². The van der Waals surface area contributed by atoms with Gasteiger partial charge in [0.15, 0.2) is 6.10 Å². The van der Waals surface area contributed by atoms with Crippen LogP contribution in [-0.4, -0.2) is 54.9 Å². The molecule has 0 saturated heterocycles. The summed E-state index contributed by atoms with van der Waals surface area (Å²) in [7, 11) is 1.57. The normalized spacial score (nSPS) is 17.6. The number of rotatable bonds is 6. The summed E-state index contributed by atoms with van der Waals surface area (Å²) in [6.07, 6.45) is -6.62. The van der Waals surface area contributed by atoms with E-state index in [2.05, 4.69) is 5.32 Å². The van der Waals surface area contributed by atoms with Gasteiger partial charge >= 0.3 is 6.18 Å². The van der Waals surface area contributed by atoms with Crippen molar-refractivity contribution in [3.05, 3.63) is 65.2 Å². The second kappa shape index (κ2) is 8.84. The summed E-state index contributed by atoms with van der Waals surface area (Å²) < 4.78 is 42.9. The maximum absolute atomic E-state index is 12.9. The Balaban J connectivity index is 1.85. The van der Waals surface area contributed by atoms with Gasteiger partial charge in [-0.05, 0) is 23.6 Å². The van der Waals surface area contributed by atoms with E-state index in [1.54, 1.807) is 12.0 Å². The number of methoxy groups -OCH3 is 1. The summed E-state index contributed by atoms with van der Waals surface area (Å²) in [6.45, 7) is -0.609. The zero-order valence-corrected chi connectivity index (χ0v) is 15.9. The van der Waals surface area contributed by atoms with E-state index in [4.69, 9.17) is 9.84 Å². The maximum atomic E-state index is 12.9. The van der Waals surface area contributed by atoms with Crippen LogP contribution < -0.4 is 10.1 Å². The highest BCUT2D eigenvalue weighted by molar-refractivity contribution is 5.80. The molecule has 0 aliphatic carbocycles. The van der Waals surface area contributed by atoms with E-state index in [9.17, 15) is 18.0 Å². The van der Waals surface area contributed by atoms with Crippen molar-refractivity contribution in [2.75, 3.05) is 26.7 Å². The van der Waals surface area contributed by atoms with Gasteiger partial charge in [0, 0.05) is 18.7 Å². The Bertz CT molecular complexity index is 829. The number of hydrogen-bond acceptors (Lipinski definition) is 4. The molecule has 2 N–H and O–H groups in total.